The van der Waals surface area contributed by atoms with Gasteiger partial charge in [-0.1, -0.05) is 170 Å². The Kier molecular flexibility index (Phi) is 10.9. The average Bonchev–Trinajstić information content (AvgIpc) is 3.48. The largest absolute Gasteiger partial charge is 0.311 e. The Morgan fingerprint density at radius 3 is 0.932 bits per heavy atom. The Morgan fingerprint density at radius 2 is 0.608 bits per heavy atom. The lowest BCUT2D eigenvalue weighted by Gasteiger charge is -2.45. The second-order valence-electron chi connectivity index (χ2n) is 19.2. The highest BCUT2D eigenvalue weighted by molar-refractivity contribution is 7.00. The number of anilines is 6. The molecule has 2 heterocycles. The van der Waals surface area contributed by atoms with Gasteiger partial charge in [-0.15, -0.1) is 0 Å². The Balaban J connectivity index is 1.12. The molecule has 0 bridgehead atoms. The molecule has 0 spiro atoms. The second kappa shape index (κ2) is 18.3. The van der Waals surface area contributed by atoms with E-state index in [-0.39, 0.29) is 6.71 Å². The van der Waals surface area contributed by atoms with E-state index in [0.717, 1.165) is 106 Å². The highest BCUT2D eigenvalue weighted by atomic mass is 15.2. The molecule has 11 aromatic carbocycles. The van der Waals surface area contributed by atoms with Crippen LogP contribution in [0.2, 0.25) is 0 Å². The molecule has 0 unspecified atom stereocenters. The van der Waals surface area contributed by atoms with E-state index in [0.29, 0.717) is 11.1 Å². The van der Waals surface area contributed by atoms with Crippen LogP contribution in [0.15, 0.2) is 255 Å². The van der Waals surface area contributed by atoms with E-state index in [4.69, 9.17) is 0 Å². The molecule has 2 aliphatic heterocycles. The maximum Gasteiger partial charge on any atom is 0.252 e. The Bertz CT molecular complexity index is 3650. The number of hydrogen-bond donors (Lipinski definition) is 0. The lowest BCUT2D eigenvalue weighted by molar-refractivity contribution is 1.24. The van der Waals surface area contributed by atoms with Crippen LogP contribution in [-0.4, -0.2) is 6.71 Å². The minimum atomic E-state index is -0.188. The third-order valence-corrected chi connectivity index (χ3v) is 14.7. The van der Waals surface area contributed by atoms with Crippen LogP contribution < -0.4 is 26.2 Å². The molecule has 0 aliphatic carbocycles. The molecule has 0 aromatic heterocycles. The van der Waals surface area contributed by atoms with Crippen molar-refractivity contribution in [1.82, 2.24) is 0 Å². The first-order valence-electron chi connectivity index (χ1n) is 25.0. The van der Waals surface area contributed by atoms with Crippen LogP contribution in [0.1, 0.15) is 16.7 Å². The number of benzene rings is 11. The van der Waals surface area contributed by atoms with Crippen molar-refractivity contribution in [3.63, 3.8) is 0 Å². The first kappa shape index (κ1) is 44.0. The van der Waals surface area contributed by atoms with E-state index in [1.807, 2.05) is 24.3 Å². The number of rotatable bonds is 8. The van der Waals surface area contributed by atoms with Crippen molar-refractivity contribution < 1.29 is 0 Å². The van der Waals surface area contributed by atoms with Gasteiger partial charge in [0.2, 0.25) is 0 Å². The molecule has 11 aromatic rings. The van der Waals surface area contributed by atoms with Crippen molar-refractivity contribution in [2.75, 3.05) is 9.80 Å². The van der Waals surface area contributed by atoms with Crippen molar-refractivity contribution in [1.29, 1.82) is 10.5 Å². The van der Waals surface area contributed by atoms with Crippen molar-refractivity contribution in [2.45, 2.75) is 6.92 Å². The van der Waals surface area contributed by atoms with Crippen LogP contribution in [0, 0.1) is 29.6 Å². The van der Waals surface area contributed by atoms with E-state index >= 15 is 0 Å². The van der Waals surface area contributed by atoms with Gasteiger partial charge in [-0.3, -0.25) is 0 Å². The fraction of sp³-hybridized carbons (Fsp3) is 0.0145. The molecular weight excluding hydrogens is 896 g/mol. The molecule has 4 nitrogen and oxygen atoms in total. The van der Waals surface area contributed by atoms with Crippen molar-refractivity contribution in [3.8, 4) is 78.9 Å². The van der Waals surface area contributed by atoms with Gasteiger partial charge < -0.3 is 9.80 Å². The molecule has 5 heteroatoms. The lowest BCUT2D eigenvalue weighted by Crippen LogP contribution is -2.61. The predicted molar refractivity (Wildman–Crippen MR) is 307 cm³/mol. The molecule has 0 saturated heterocycles. The standard InChI is InChI=1S/C69H45BN4/c1-46-34-67-69-68(35-46)74(62-40-59(51-18-10-4-11-19-51)37-60(41-62)52-20-12-5-13-21-52)66-33-31-56(54-28-24-48(45-72)25-29-54)43-64(66)70(69)63-42-55(53-26-22-47(44-71)23-27-53)30-32-65(63)73(67)61-38-57(49-14-6-2-7-15-49)36-58(39-61)50-16-8-3-9-17-50/h2-43H,1H3. The van der Waals surface area contributed by atoms with Crippen LogP contribution in [-0.2, 0) is 0 Å². The van der Waals surface area contributed by atoms with Crippen LogP contribution in [0.4, 0.5) is 34.1 Å². The summed E-state index contributed by atoms with van der Waals surface area (Å²) in [5.74, 6) is 0. The van der Waals surface area contributed by atoms with Gasteiger partial charge in [0.05, 0.1) is 23.3 Å². The fourth-order valence-electron chi connectivity index (χ4n) is 11.2. The van der Waals surface area contributed by atoms with Crippen LogP contribution in [0.3, 0.4) is 0 Å². The van der Waals surface area contributed by atoms with Gasteiger partial charge in [0, 0.05) is 34.1 Å². The number of nitriles is 2. The summed E-state index contributed by atoms with van der Waals surface area (Å²) in [6.07, 6.45) is 0. The first-order chi connectivity index (χ1) is 36.5. The molecule has 2 aliphatic rings. The maximum absolute atomic E-state index is 9.79. The molecule has 74 heavy (non-hydrogen) atoms. The van der Waals surface area contributed by atoms with Gasteiger partial charge in [0.15, 0.2) is 0 Å². The van der Waals surface area contributed by atoms with Crippen LogP contribution in [0.5, 0.6) is 0 Å². The van der Waals surface area contributed by atoms with Crippen molar-refractivity contribution in [3.05, 3.63) is 271 Å². The van der Waals surface area contributed by atoms with Crippen molar-refractivity contribution >= 4 is 57.2 Å². The molecule has 0 amide bonds. The van der Waals surface area contributed by atoms with Gasteiger partial charge in [-0.25, -0.2) is 0 Å². The molecule has 0 radical (unpaired) electrons. The quantitative estimate of drug-likeness (QED) is 0.142. The predicted octanol–water partition coefficient (Wildman–Crippen LogP) is 15.8. The summed E-state index contributed by atoms with van der Waals surface area (Å²) >= 11 is 0. The molecule has 0 atom stereocenters. The zero-order valence-electron chi connectivity index (χ0n) is 40.6. The number of fused-ring (bicyclic) bond motifs is 4. The van der Waals surface area contributed by atoms with Gasteiger partial charge >= 0.3 is 0 Å². The Labute approximate surface area is 432 Å². The number of hydrogen-bond acceptors (Lipinski definition) is 4. The fourth-order valence-corrected chi connectivity index (χ4v) is 11.2. The first-order valence-corrected chi connectivity index (χ1v) is 25.0. The molecule has 0 saturated carbocycles. The average molecular weight is 941 g/mol. The van der Waals surface area contributed by atoms with Gasteiger partial charge in [-0.2, -0.15) is 10.5 Å². The van der Waals surface area contributed by atoms with E-state index < -0.39 is 0 Å². The normalized spacial score (nSPS) is 12.0. The summed E-state index contributed by atoms with van der Waals surface area (Å²) < 4.78 is 0. The van der Waals surface area contributed by atoms with Crippen molar-refractivity contribution in [2.24, 2.45) is 0 Å². The minimum Gasteiger partial charge on any atom is -0.311 e. The third-order valence-electron chi connectivity index (χ3n) is 14.7. The minimum absolute atomic E-state index is 0.188. The van der Waals surface area contributed by atoms with E-state index in [1.54, 1.807) is 0 Å². The molecule has 0 fully saturated rings. The highest BCUT2D eigenvalue weighted by Crippen LogP contribution is 2.48. The zero-order valence-corrected chi connectivity index (χ0v) is 40.6. The van der Waals surface area contributed by atoms with Crippen LogP contribution in [0.25, 0.3) is 66.8 Å². The maximum atomic E-state index is 9.79. The molecule has 13 rings (SSSR count). The number of aryl methyl sites for hydroxylation is 1. The zero-order chi connectivity index (χ0) is 49.7. The van der Waals surface area contributed by atoms with E-state index in [9.17, 15) is 10.5 Å². The number of nitrogens with zero attached hydrogens (tertiary/aromatic N) is 4. The second-order valence-corrected chi connectivity index (χ2v) is 19.2. The highest BCUT2D eigenvalue weighted by Gasteiger charge is 2.44. The van der Waals surface area contributed by atoms with E-state index in [1.165, 1.54) is 16.4 Å². The monoisotopic (exact) mass is 940 g/mol. The molecular formula is C69H45BN4. The molecule has 344 valence electrons. The Morgan fingerprint density at radius 1 is 0.297 bits per heavy atom. The van der Waals surface area contributed by atoms with E-state index in [2.05, 4.69) is 259 Å². The summed E-state index contributed by atoms with van der Waals surface area (Å²) in [7, 11) is 0. The van der Waals surface area contributed by atoms with Gasteiger partial charge in [-0.05, 0) is 181 Å². The van der Waals surface area contributed by atoms with Crippen LogP contribution >= 0.6 is 0 Å². The Hall–Kier alpha value is -9.94. The lowest BCUT2D eigenvalue weighted by atomic mass is 9.33. The SMILES string of the molecule is Cc1cc2c3c(c1)N(c1cc(-c4ccccc4)cc(-c4ccccc4)c1)c1ccc(-c4ccc(C#N)cc4)cc1B3c1cc(-c3ccc(C#N)cc3)ccc1N2c1cc(-c2ccccc2)cc(-c2ccccc2)c1. The van der Waals surface area contributed by atoms with Gasteiger partial charge in [0.1, 0.15) is 0 Å². The molecule has 0 N–H and O–H groups in total. The smallest absolute Gasteiger partial charge is 0.252 e. The van der Waals surface area contributed by atoms with Gasteiger partial charge in [0.25, 0.3) is 6.71 Å². The summed E-state index contributed by atoms with van der Waals surface area (Å²) in [6.45, 7) is 2.03. The summed E-state index contributed by atoms with van der Waals surface area (Å²) in [5.41, 5.74) is 25.9. The summed E-state index contributed by atoms with van der Waals surface area (Å²) in [4.78, 5) is 5.01. The third kappa shape index (κ3) is 7.82. The summed E-state index contributed by atoms with van der Waals surface area (Å²) in [5, 5.41) is 19.6. The topological polar surface area (TPSA) is 54.1 Å². The summed E-state index contributed by atoms with van der Waals surface area (Å²) in [6, 6.07) is 95.9.